The highest BCUT2D eigenvalue weighted by Gasteiger charge is 2.30. The molecule has 0 saturated carbocycles. The average molecular weight is 305 g/mol. The Bertz CT molecular complexity index is 486. The van der Waals surface area contributed by atoms with Crippen LogP contribution >= 0.6 is 0 Å². The van der Waals surface area contributed by atoms with Gasteiger partial charge in [0.25, 0.3) is 0 Å². The van der Waals surface area contributed by atoms with Gasteiger partial charge in [0, 0.05) is 18.7 Å². The molecule has 22 heavy (non-hydrogen) atoms. The molecule has 0 aliphatic carbocycles. The summed E-state index contributed by atoms with van der Waals surface area (Å²) in [7, 11) is 1.70. The molecule has 1 aromatic carbocycles. The van der Waals surface area contributed by atoms with Gasteiger partial charge >= 0.3 is 0 Å². The third-order valence-corrected chi connectivity index (χ3v) is 4.63. The van der Waals surface area contributed by atoms with Crippen LogP contribution in [0.25, 0.3) is 0 Å². The van der Waals surface area contributed by atoms with Crippen molar-refractivity contribution in [3.05, 3.63) is 29.8 Å². The van der Waals surface area contributed by atoms with Gasteiger partial charge < -0.3 is 14.5 Å². The van der Waals surface area contributed by atoms with Crippen LogP contribution in [0.15, 0.2) is 24.3 Å². The average Bonchev–Trinajstić information content (AvgIpc) is 2.56. The Morgan fingerprint density at radius 2 is 2.14 bits per heavy atom. The standard InChI is InChI=1S/C18H28N2O2/c1-4-20(5-2)18(21)16-9-7-11-19(14-16)13-15-8-6-10-17(12-15)22-3/h6,8,10,12,16H,4-5,7,9,11,13-14H2,1-3H3/p+1/t16-/m0/s1. The summed E-state index contributed by atoms with van der Waals surface area (Å²) in [4.78, 5) is 16.0. The molecule has 2 atom stereocenters. The number of ether oxygens (including phenoxy) is 1. The summed E-state index contributed by atoms with van der Waals surface area (Å²) < 4.78 is 5.29. The zero-order valence-electron chi connectivity index (χ0n) is 14.1. The van der Waals surface area contributed by atoms with Crippen molar-refractivity contribution in [2.45, 2.75) is 33.2 Å². The van der Waals surface area contributed by atoms with Gasteiger partial charge in [-0.05, 0) is 38.8 Å². The van der Waals surface area contributed by atoms with Gasteiger partial charge in [-0.15, -0.1) is 0 Å². The van der Waals surface area contributed by atoms with Gasteiger partial charge in [-0.3, -0.25) is 4.79 Å². The van der Waals surface area contributed by atoms with Crippen molar-refractivity contribution in [3.8, 4) is 5.75 Å². The van der Waals surface area contributed by atoms with Gasteiger partial charge in [-0.1, -0.05) is 12.1 Å². The summed E-state index contributed by atoms with van der Waals surface area (Å²) in [5.74, 6) is 1.44. The molecule has 1 aromatic rings. The van der Waals surface area contributed by atoms with Gasteiger partial charge in [-0.25, -0.2) is 0 Å². The number of nitrogens with zero attached hydrogens (tertiary/aromatic N) is 1. The van der Waals surface area contributed by atoms with Crippen LogP contribution < -0.4 is 9.64 Å². The monoisotopic (exact) mass is 305 g/mol. The number of methoxy groups -OCH3 is 1. The van der Waals surface area contributed by atoms with Crippen LogP contribution in [-0.4, -0.2) is 44.1 Å². The summed E-state index contributed by atoms with van der Waals surface area (Å²) in [6.45, 7) is 8.83. The second-order valence-corrected chi connectivity index (χ2v) is 6.08. The number of rotatable bonds is 6. The topological polar surface area (TPSA) is 34.0 Å². The first-order valence-electron chi connectivity index (χ1n) is 8.43. The fraction of sp³-hybridized carbons (Fsp3) is 0.611. The van der Waals surface area contributed by atoms with Gasteiger partial charge in [0.1, 0.15) is 12.3 Å². The summed E-state index contributed by atoms with van der Waals surface area (Å²) in [5.41, 5.74) is 1.28. The van der Waals surface area contributed by atoms with Crippen LogP contribution in [0.2, 0.25) is 0 Å². The third kappa shape index (κ3) is 4.23. The molecule has 0 bridgehead atoms. The van der Waals surface area contributed by atoms with E-state index in [0.29, 0.717) is 5.91 Å². The molecule has 1 heterocycles. The lowest BCUT2D eigenvalue weighted by molar-refractivity contribution is -0.921. The highest BCUT2D eigenvalue weighted by molar-refractivity contribution is 5.78. The molecule has 1 fully saturated rings. The zero-order chi connectivity index (χ0) is 15.9. The molecule has 1 N–H and O–H groups in total. The maximum atomic E-state index is 12.6. The van der Waals surface area contributed by atoms with Crippen LogP contribution in [0.1, 0.15) is 32.3 Å². The van der Waals surface area contributed by atoms with Crippen LogP contribution in [0.4, 0.5) is 0 Å². The number of benzene rings is 1. The Morgan fingerprint density at radius 3 is 2.82 bits per heavy atom. The lowest BCUT2D eigenvalue weighted by Gasteiger charge is -2.32. The molecule has 1 aliphatic rings. The Hall–Kier alpha value is -1.55. The predicted octanol–water partition coefficient (Wildman–Crippen LogP) is 1.36. The molecule has 0 aromatic heterocycles. The molecule has 1 aliphatic heterocycles. The minimum atomic E-state index is 0.189. The van der Waals surface area contributed by atoms with Crippen molar-refractivity contribution in [2.24, 2.45) is 5.92 Å². The number of carbonyl (C=O) groups is 1. The third-order valence-electron chi connectivity index (χ3n) is 4.63. The van der Waals surface area contributed by atoms with E-state index in [1.54, 1.807) is 7.11 Å². The number of quaternary nitrogens is 1. The largest absolute Gasteiger partial charge is 0.497 e. The van der Waals surface area contributed by atoms with E-state index in [-0.39, 0.29) is 5.92 Å². The maximum Gasteiger partial charge on any atom is 0.231 e. The number of piperidine rings is 1. The molecular weight excluding hydrogens is 276 g/mol. The highest BCUT2D eigenvalue weighted by Crippen LogP contribution is 2.14. The van der Waals surface area contributed by atoms with E-state index in [9.17, 15) is 4.79 Å². The predicted molar refractivity (Wildman–Crippen MR) is 88.0 cm³/mol. The van der Waals surface area contributed by atoms with E-state index in [0.717, 1.165) is 51.3 Å². The van der Waals surface area contributed by atoms with Crippen LogP contribution in [-0.2, 0) is 11.3 Å². The summed E-state index contributed by atoms with van der Waals surface area (Å²) in [6.07, 6.45) is 2.17. The van der Waals surface area contributed by atoms with Crippen molar-refractivity contribution in [1.29, 1.82) is 0 Å². The summed E-state index contributed by atoms with van der Waals surface area (Å²) >= 11 is 0. The minimum Gasteiger partial charge on any atom is -0.497 e. The molecule has 4 heteroatoms. The van der Waals surface area contributed by atoms with Crippen molar-refractivity contribution in [1.82, 2.24) is 4.90 Å². The molecule has 0 spiro atoms. The number of nitrogens with one attached hydrogen (secondary N) is 1. The number of amides is 1. The Labute approximate surface area is 134 Å². The van der Waals surface area contributed by atoms with E-state index in [1.165, 1.54) is 10.5 Å². The van der Waals surface area contributed by atoms with E-state index < -0.39 is 0 Å². The molecule has 1 saturated heterocycles. The number of likely N-dealkylation sites (tertiary alicyclic amines) is 1. The lowest BCUT2D eigenvalue weighted by Crippen LogP contribution is -3.12. The Kier molecular flexibility index (Phi) is 6.25. The fourth-order valence-corrected chi connectivity index (χ4v) is 3.39. The van der Waals surface area contributed by atoms with Crippen molar-refractivity contribution < 1.29 is 14.4 Å². The SMILES string of the molecule is CCN(CC)C(=O)[C@H]1CCC[NH+](Cc2cccc(OC)c2)C1. The normalized spacial score (nSPS) is 21.4. The molecule has 4 nitrogen and oxygen atoms in total. The zero-order valence-corrected chi connectivity index (χ0v) is 14.1. The van der Waals surface area contributed by atoms with Crippen molar-refractivity contribution >= 4 is 5.91 Å². The minimum absolute atomic E-state index is 0.189. The number of carbonyl (C=O) groups excluding carboxylic acids is 1. The second kappa shape index (κ2) is 8.18. The fourth-order valence-electron chi connectivity index (χ4n) is 3.39. The smallest absolute Gasteiger partial charge is 0.231 e. The van der Waals surface area contributed by atoms with Crippen molar-refractivity contribution in [2.75, 3.05) is 33.3 Å². The molecule has 2 rings (SSSR count). The van der Waals surface area contributed by atoms with E-state index in [1.807, 2.05) is 17.0 Å². The van der Waals surface area contributed by atoms with E-state index in [4.69, 9.17) is 4.74 Å². The molecule has 1 unspecified atom stereocenters. The van der Waals surface area contributed by atoms with E-state index in [2.05, 4.69) is 26.0 Å². The van der Waals surface area contributed by atoms with Crippen molar-refractivity contribution in [3.63, 3.8) is 0 Å². The Balaban J connectivity index is 1.96. The quantitative estimate of drug-likeness (QED) is 0.861. The molecule has 1 amide bonds. The maximum absolute atomic E-state index is 12.6. The van der Waals surface area contributed by atoms with Gasteiger partial charge in [0.2, 0.25) is 5.91 Å². The number of hydrogen-bond donors (Lipinski definition) is 1. The van der Waals surface area contributed by atoms with Crippen LogP contribution in [0.5, 0.6) is 5.75 Å². The van der Waals surface area contributed by atoms with E-state index >= 15 is 0 Å². The van der Waals surface area contributed by atoms with Crippen LogP contribution in [0.3, 0.4) is 0 Å². The van der Waals surface area contributed by atoms with Gasteiger partial charge in [-0.2, -0.15) is 0 Å². The molecule has 122 valence electrons. The summed E-state index contributed by atoms with van der Waals surface area (Å²) in [5, 5.41) is 0. The molecule has 0 radical (unpaired) electrons. The Morgan fingerprint density at radius 1 is 1.36 bits per heavy atom. The van der Waals surface area contributed by atoms with Gasteiger partial charge in [0.05, 0.1) is 26.1 Å². The first kappa shape index (κ1) is 16.8. The number of hydrogen-bond acceptors (Lipinski definition) is 2. The van der Waals surface area contributed by atoms with Crippen LogP contribution in [0, 0.1) is 5.92 Å². The van der Waals surface area contributed by atoms with Gasteiger partial charge in [0.15, 0.2) is 0 Å². The molecular formula is C18H29N2O2+. The lowest BCUT2D eigenvalue weighted by atomic mass is 9.96. The second-order valence-electron chi connectivity index (χ2n) is 6.08. The highest BCUT2D eigenvalue weighted by atomic mass is 16.5. The summed E-state index contributed by atoms with van der Waals surface area (Å²) in [6, 6.07) is 8.26. The first-order chi connectivity index (χ1) is 10.7. The first-order valence-corrected chi connectivity index (χ1v) is 8.43.